The van der Waals surface area contributed by atoms with Crippen LogP contribution >= 0.6 is 0 Å². The van der Waals surface area contributed by atoms with Crippen molar-refractivity contribution in [2.24, 2.45) is 10.1 Å². The molecule has 3 aromatic carbocycles. The highest BCUT2D eigenvalue weighted by Crippen LogP contribution is 2.30. The van der Waals surface area contributed by atoms with Gasteiger partial charge in [0.15, 0.2) is 24.5 Å². The maximum atomic E-state index is 13.7. The summed E-state index contributed by atoms with van der Waals surface area (Å²) < 4.78 is 33.8. The molecule has 1 aliphatic rings. The second-order valence-electron chi connectivity index (χ2n) is 10.8. The van der Waals surface area contributed by atoms with Crippen LogP contribution in [-0.2, 0) is 54.2 Å². The van der Waals surface area contributed by atoms with Gasteiger partial charge in [0.2, 0.25) is 0 Å². The number of hydrogen-bond acceptors (Lipinski definition) is 12. The van der Waals surface area contributed by atoms with Crippen LogP contribution in [0.2, 0.25) is 0 Å². The van der Waals surface area contributed by atoms with Crippen LogP contribution in [0.5, 0.6) is 0 Å². The maximum Gasteiger partial charge on any atom is 0.333 e. The number of nitrogens with zero attached hydrogens (tertiary/aromatic N) is 4. The predicted molar refractivity (Wildman–Crippen MR) is 174 cm³/mol. The third kappa shape index (κ3) is 10.7. The topological polar surface area (TPSA) is 185 Å². The van der Waals surface area contributed by atoms with E-state index in [2.05, 4.69) is 10.0 Å². The highest BCUT2D eigenvalue weighted by atomic mass is 16.7. The van der Waals surface area contributed by atoms with Gasteiger partial charge >= 0.3 is 23.9 Å². The Morgan fingerprint density at radius 2 is 1.33 bits per heavy atom. The fourth-order valence-electron chi connectivity index (χ4n) is 5.04. The van der Waals surface area contributed by atoms with Gasteiger partial charge in [-0.15, -0.1) is 0 Å². The molecule has 0 saturated carbocycles. The van der Waals surface area contributed by atoms with Gasteiger partial charge in [0.05, 0.1) is 12.3 Å². The third-order valence-electron chi connectivity index (χ3n) is 7.15. The van der Waals surface area contributed by atoms with Gasteiger partial charge in [-0.05, 0) is 11.1 Å². The van der Waals surface area contributed by atoms with Gasteiger partial charge in [-0.2, -0.15) is 0 Å². The average molecular weight is 673 g/mol. The Labute approximate surface area is 282 Å². The van der Waals surface area contributed by atoms with E-state index in [9.17, 15) is 24.7 Å². The Morgan fingerprint density at radius 1 is 0.776 bits per heavy atom. The first-order valence-corrected chi connectivity index (χ1v) is 15.3. The number of aliphatic imine (C=N–C) groups is 1. The van der Waals surface area contributed by atoms with Crippen molar-refractivity contribution in [2.45, 2.75) is 64.1 Å². The lowest BCUT2D eigenvalue weighted by atomic mass is 9.96. The molecule has 0 N–H and O–H groups in total. The summed E-state index contributed by atoms with van der Waals surface area (Å²) in [5.74, 6) is -2.93. The number of carbonyl (C=O) groups is 4. The Kier molecular flexibility index (Phi) is 13.4. The van der Waals surface area contributed by atoms with Gasteiger partial charge in [-0.25, -0.2) is 4.79 Å². The molecule has 0 spiro atoms. The van der Waals surface area contributed by atoms with Gasteiger partial charge in [0.1, 0.15) is 25.4 Å². The molecule has 4 rings (SSSR count). The normalized spacial score (nSPS) is 20.4. The lowest BCUT2D eigenvalue weighted by Crippen LogP contribution is -2.61. The Balaban J connectivity index is 1.71. The van der Waals surface area contributed by atoms with E-state index in [1.165, 1.54) is 6.92 Å². The van der Waals surface area contributed by atoms with Crippen LogP contribution in [0.4, 0.5) is 0 Å². The van der Waals surface area contributed by atoms with Crippen LogP contribution in [0, 0.1) is 0 Å². The summed E-state index contributed by atoms with van der Waals surface area (Å²) in [6.07, 6.45) is -5.45. The van der Waals surface area contributed by atoms with E-state index in [-0.39, 0.29) is 6.61 Å². The van der Waals surface area contributed by atoms with Gasteiger partial charge in [0, 0.05) is 36.8 Å². The average Bonchev–Trinajstić information content (AvgIpc) is 3.09. The van der Waals surface area contributed by atoms with Crippen molar-refractivity contribution in [1.82, 2.24) is 0 Å². The summed E-state index contributed by atoms with van der Waals surface area (Å²) >= 11 is 0. The van der Waals surface area contributed by atoms with Crippen molar-refractivity contribution in [3.8, 4) is 0 Å². The zero-order chi connectivity index (χ0) is 35.2. The summed E-state index contributed by atoms with van der Waals surface area (Å²) in [6.45, 7) is 2.49. The maximum absolute atomic E-state index is 13.7. The van der Waals surface area contributed by atoms with Gasteiger partial charge in [0.25, 0.3) is 0 Å². The molecule has 0 bridgehead atoms. The largest absolute Gasteiger partial charge is 0.463 e. The van der Waals surface area contributed by atoms with Crippen LogP contribution in [-0.4, -0.2) is 79.5 Å². The number of hydrogen-bond donors (Lipinski definition) is 0. The second kappa shape index (κ2) is 18.1. The molecule has 0 aromatic heterocycles. The molecule has 0 aliphatic carbocycles. The lowest BCUT2D eigenvalue weighted by Gasteiger charge is -2.43. The molecule has 14 nitrogen and oxygen atoms in total. The van der Waals surface area contributed by atoms with Gasteiger partial charge < -0.3 is 28.4 Å². The monoisotopic (exact) mass is 672 g/mol. The Morgan fingerprint density at radius 3 is 1.86 bits per heavy atom. The fourth-order valence-corrected chi connectivity index (χ4v) is 5.04. The van der Waals surface area contributed by atoms with Crippen LogP contribution < -0.4 is 0 Å². The first-order valence-electron chi connectivity index (χ1n) is 15.3. The lowest BCUT2D eigenvalue weighted by molar-refractivity contribution is -0.274. The van der Waals surface area contributed by atoms with E-state index in [1.807, 2.05) is 78.9 Å². The van der Waals surface area contributed by atoms with Crippen molar-refractivity contribution in [2.75, 3.05) is 13.2 Å². The predicted octanol–water partition coefficient (Wildman–Crippen LogP) is 4.48. The van der Waals surface area contributed by atoms with E-state index in [0.717, 1.165) is 30.5 Å². The van der Waals surface area contributed by atoms with Crippen molar-refractivity contribution < 1.29 is 47.6 Å². The summed E-state index contributed by atoms with van der Waals surface area (Å²) in [6, 6.07) is 24.8. The minimum Gasteiger partial charge on any atom is -0.463 e. The molecule has 0 radical (unpaired) electrons. The molecule has 1 aliphatic heterocycles. The van der Waals surface area contributed by atoms with E-state index in [1.54, 1.807) is 12.1 Å². The van der Waals surface area contributed by atoms with Crippen LogP contribution in [0.1, 0.15) is 37.5 Å². The number of carbonyl (C=O) groups excluding carboxylic acids is 4. The summed E-state index contributed by atoms with van der Waals surface area (Å²) in [7, 11) is 0. The molecule has 6 atom stereocenters. The number of rotatable bonds is 14. The summed E-state index contributed by atoms with van der Waals surface area (Å²) in [5, 5.41) is 3.74. The zero-order valence-electron chi connectivity index (χ0n) is 27.1. The number of azide groups is 1. The number of esters is 4. The molecule has 1 fully saturated rings. The van der Waals surface area contributed by atoms with Crippen LogP contribution in [0.25, 0.3) is 10.4 Å². The van der Waals surface area contributed by atoms with Gasteiger partial charge in [-0.1, -0.05) is 96.1 Å². The molecule has 1 saturated heterocycles. The first kappa shape index (κ1) is 36.3. The molecular formula is C35H36N4O10. The second-order valence-corrected chi connectivity index (χ2v) is 10.8. The molecular weight excluding hydrogens is 636 g/mol. The molecule has 1 heterocycles. The van der Waals surface area contributed by atoms with E-state index < -0.39 is 73.8 Å². The van der Waals surface area contributed by atoms with Crippen molar-refractivity contribution in [3.05, 3.63) is 118 Å². The molecule has 3 aromatic rings. The zero-order valence-corrected chi connectivity index (χ0v) is 27.1. The number of benzene rings is 3. The molecule has 49 heavy (non-hydrogen) atoms. The van der Waals surface area contributed by atoms with Crippen molar-refractivity contribution in [1.29, 1.82) is 0 Å². The first-order chi connectivity index (χ1) is 23.7. The molecule has 256 valence electrons. The quantitative estimate of drug-likeness (QED) is 0.0590. The Hall–Kier alpha value is -5.56. The minimum absolute atomic E-state index is 0.0397. The van der Waals surface area contributed by atoms with E-state index in [4.69, 9.17) is 33.4 Å². The highest BCUT2D eigenvalue weighted by molar-refractivity contribution is 6.13. The molecule has 0 amide bonds. The number of ether oxygens (including phenoxy) is 6. The van der Waals surface area contributed by atoms with Crippen LogP contribution in [0.15, 0.2) is 101 Å². The highest BCUT2D eigenvalue weighted by Gasteiger charge is 2.51. The third-order valence-corrected chi connectivity index (χ3v) is 7.15. The Bertz CT molecular complexity index is 1610. The summed E-state index contributed by atoms with van der Waals surface area (Å²) in [5.41, 5.74) is 12.1. The van der Waals surface area contributed by atoms with Crippen molar-refractivity contribution >= 4 is 29.6 Å². The molecule has 14 heteroatoms. The van der Waals surface area contributed by atoms with E-state index >= 15 is 0 Å². The fraction of sp³-hybridized carbons (Fsp3) is 0.343. The van der Waals surface area contributed by atoms with Gasteiger partial charge in [-0.3, -0.25) is 19.4 Å². The van der Waals surface area contributed by atoms with E-state index in [0.29, 0.717) is 5.71 Å². The summed E-state index contributed by atoms with van der Waals surface area (Å²) in [4.78, 5) is 57.3. The van der Waals surface area contributed by atoms with Crippen LogP contribution in [0.3, 0.4) is 0 Å². The minimum atomic E-state index is -1.48. The SMILES string of the molecule is CC(=O)OC[C@H]1O[C@H](OC[C@H](N=C(c2ccccc2)c2ccccc2)C(=O)OCc2ccccc2)[C@H](N=[N+]=[N-])[C@@H](OC(C)=O)[C@H]1OC(C)=O. The molecule has 0 unspecified atom stereocenters. The van der Waals surface area contributed by atoms with Crippen molar-refractivity contribution in [3.63, 3.8) is 0 Å². The standard InChI is InChI=1S/C35H36N4O10/c1-22(40)44-21-29-32(47-23(2)41)33(48-24(3)42)31(38-39-36)35(49-29)46-20-28(34(43)45-19-25-13-7-4-8-14-25)37-30(26-15-9-5-10-16-26)27-17-11-6-12-18-27/h4-18,28-29,31-33,35H,19-21H2,1-3H3/t28-,29+,31+,32-,33+,35-/m0/s1. The smallest absolute Gasteiger partial charge is 0.333 e.